The van der Waals surface area contributed by atoms with Gasteiger partial charge in [0.25, 0.3) is 0 Å². The van der Waals surface area contributed by atoms with Gasteiger partial charge in [-0.25, -0.2) is 4.79 Å². The Morgan fingerprint density at radius 1 is 1.54 bits per heavy atom. The van der Waals surface area contributed by atoms with Gasteiger partial charge in [-0.15, -0.1) is 0 Å². The summed E-state index contributed by atoms with van der Waals surface area (Å²) in [6, 6.07) is 0. The number of oxime groups is 1. The fraction of sp³-hybridized carbons (Fsp3) is 0.750. The zero-order chi connectivity index (χ0) is 9.31. The Morgan fingerprint density at radius 2 is 2.23 bits per heavy atom. The molecule has 0 aromatic carbocycles. The zero-order valence-electron chi connectivity index (χ0n) is 7.15. The Labute approximate surface area is 80.3 Å². The van der Waals surface area contributed by atoms with Crippen molar-refractivity contribution in [2.75, 3.05) is 11.5 Å². The lowest BCUT2D eigenvalue weighted by Gasteiger charge is -2.29. The summed E-state index contributed by atoms with van der Waals surface area (Å²) in [6.07, 6.45) is 2.30. The molecular weight excluding hydrogens is 190 g/mol. The monoisotopic (exact) mass is 201 g/mol. The summed E-state index contributed by atoms with van der Waals surface area (Å²) in [7, 11) is 0. The van der Waals surface area contributed by atoms with Crippen molar-refractivity contribution < 1.29 is 14.7 Å². The van der Waals surface area contributed by atoms with Crippen molar-refractivity contribution in [2.45, 2.75) is 24.9 Å². The molecule has 0 unspecified atom stereocenters. The number of aliphatic carboxylic acids is 1. The van der Waals surface area contributed by atoms with E-state index >= 15 is 0 Å². The molecule has 13 heavy (non-hydrogen) atoms. The van der Waals surface area contributed by atoms with Gasteiger partial charge in [-0.1, -0.05) is 5.16 Å². The average Bonchev–Trinajstić information content (AvgIpc) is 2.51. The second-order valence-corrected chi connectivity index (χ2v) is 4.63. The summed E-state index contributed by atoms with van der Waals surface area (Å²) in [5.41, 5.74) is -0.106. The number of carboxylic acid groups (broad SMARTS) is 1. The van der Waals surface area contributed by atoms with E-state index in [0.717, 1.165) is 24.3 Å². The number of nitrogens with zero attached hydrogens (tertiary/aromatic N) is 1. The van der Waals surface area contributed by atoms with Gasteiger partial charge in [0.1, 0.15) is 5.60 Å². The molecule has 5 heteroatoms. The molecule has 0 radical (unpaired) electrons. The van der Waals surface area contributed by atoms with Gasteiger partial charge >= 0.3 is 5.97 Å². The van der Waals surface area contributed by atoms with Crippen LogP contribution in [0.5, 0.6) is 0 Å². The van der Waals surface area contributed by atoms with E-state index in [9.17, 15) is 4.79 Å². The van der Waals surface area contributed by atoms with Crippen LogP contribution in [0.3, 0.4) is 0 Å². The molecule has 0 amide bonds. The second-order valence-electron chi connectivity index (χ2n) is 3.41. The highest BCUT2D eigenvalue weighted by atomic mass is 32.2. The minimum absolute atomic E-state index is 0.173. The van der Waals surface area contributed by atoms with Crippen LogP contribution in [0, 0.1) is 0 Å². The molecule has 0 aromatic rings. The van der Waals surface area contributed by atoms with Crippen LogP contribution in [0.25, 0.3) is 0 Å². The maximum absolute atomic E-state index is 10.6. The standard InChI is InChI=1S/C8H11NO3S/c10-7(11)6-5-8(12-9-6)1-3-13-4-2-8/h1-5H2,(H,10,11). The van der Waals surface area contributed by atoms with Gasteiger partial charge in [0, 0.05) is 6.42 Å². The second kappa shape index (κ2) is 3.21. The molecule has 1 N–H and O–H groups in total. The summed E-state index contributed by atoms with van der Waals surface area (Å²) < 4.78 is 0. The van der Waals surface area contributed by atoms with E-state index in [-0.39, 0.29) is 11.3 Å². The first-order chi connectivity index (χ1) is 6.22. The van der Waals surface area contributed by atoms with Gasteiger partial charge in [0.2, 0.25) is 0 Å². The van der Waals surface area contributed by atoms with Crippen molar-refractivity contribution in [3.8, 4) is 0 Å². The molecule has 0 aliphatic carbocycles. The van der Waals surface area contributed by atoms with Crippen LogP contribution in [0.4, 0.5) is 0 Å². The fourth-order valence-electron chi connectivity index (χ4n) is 1.65. The third-order valence-corrected chi connectivity index (χ3v) is 3.48. The Morgan fingerprint density at radius 3 is 2.77 bits per heavy atom. The molecule has 4 nitrogen and oxygen atoms in total. The van der Waals surface area contributed by atoms with Crippen LogP contribution in [0.2, 0.25) is 0 Å². The summed E-state index contributed by atoms with van der Waals surface area (Å²) in [4.78, 5) is 15.9. The highest BCUT2D eigenvalue weighted by Crippen LogP contribution is 2.37. The first-order valence-corrected chi connectivity index (χ1v) is 5.43. The van der Waals surface area contributed by atoms with Gasteiger partial charge in [0.15, 0.2) is 5.71 Å². The van der Waals surface area contributed by atoms with E-state index in [2.05, 4.69) is 5.16 Å². The molecule has 2 aliphatic rings. The van der Waals surface area contributed by atoms with Crippen molar-refractivity contribution in [1.29, 1.82) is 0 Å². The smallest absolute Gasteiger partial charge is 0.353 e. The third kappa shape index (κ3) is 1.65. The lowest BCUT2D eigenvalue weighted by atomic mass is 9.91. The minimum atomic E-state index is -0.949. The van der Waals surface area contributed by atoms with Gasteiger partial charge in [0.05, 0.1) is 0 Å². The number of carboxylic acids is 1. The highest BCUT2D eigenvalue weighted by Gasteiger charge is 2.42. The quantitative estimate of drug-likeness (QED) is 0.690. The summed E-state index contributed by atoms with van der Waals surface area (Å²) in [6.45, 7) is 0. The van der Waals surface area contributed by atoms with Crippen molar-refractivity contribution >= 4 is 23.4 Å². The number of hydrogen-bond acceptors (Lipinski definition) is 4. The predicted molar refractivity (Wildman–Crippen MR) is 50.1 cm³/mol. The largest absolute Gasteiger partial charge is 0.477 e. The SMILES string of the molecule is O=C(O)C1=NOC2(CCSCC2)C1. The van der Waals surface area contributed by atoms with Crippen LogP contribution < -0.4 is 0 Å². The van der Waals surface area contributed by atoms with Crippen LogP contribution in [0.15, 0.2) is 5.16 Å². The first-order valence-electron chi connectivity index (χ1n) is 4.28. The Balaban J connectivity index is 2.02. The van der Waals surface area contributed by atoms with Crippen LogP contribution in [-0.4, -0.2) is 33.9 Å². The molecule has 1 fully saturated rings. The fourth-order valence-corrected chi connectivity index (χ4v) is 2.88. The molecule has 0 aromatic heterocycles. The first kappa shape index (κ1) is 8.87. The molecule has 1 saturated heterocycles. The molecule has 0 atom stereocenters. The highest BCUT2D eigenvalue weighted by molar-refractivity contribution is 7.99. The maximum Gasteiger partial charge on any atom is 0.353 e. The normalized spacial score (nSPS) is 25.4. The Bertz CT molecular complexity index is 258. The van der Waals surface area contributed by atoms with E-state index in [0.29, 0.717) is 6.42 Å². The van der Waals surface area contributed by atoms with Gasteiger partial charge in [-0.3, -0.25) is 0 Å². The summed E-state index contributed by atoms with van der Waals surface area (Å²) >= 11 is 1.89. The number of thioether (sulfide) groups is 1. The molecule has 2 aliphatic heterocycles. The zero-order valence-corrected chi connectivity index (χ0v) is 7.97. The third-order valence-electron chi connectivity index (χ3n) is 2.49. The van der Waals surface area contributed by atoms with E-state index in [1.807, 2.05) is 11.8 Å². The van der Waals surface area contributed by atoms with Crippen molar-refractivity contribution in [2.24, 2.45) is 5.16 Å². The lowest BCUT2D eigenvalue weighted by Crippen LogP contribution is -2.34. The van der Waals surface area contributed by atoms with Crippen LogP contribution in [-0.2, 0) is 9.63 Å². The number of carbonyl (C=O) groups is 1. The molecule has 0 bridgehead atoms. The molecule has 2 heterocycles. The Kier molecular flexibility index (Phi) is 2.19. The van der Waals surface area contributed by atoms with E-state index in [4.69, 9.17) is 9.94 Å². The summed E-state index contributed by atoms with van der Waals surface area (Å²) in [5, 5.41) is 12.3. The molecule has 1 spiro atoms. The maximum atomic E-state index is 10.6. The van der Waals surface area contributed by atoms with Gasteiger partial charge < -0.3 is 9.94 Å². The van der Waals surface area contributed by atoms with Crippen LogP contribution >= 0.6 is 11.8 Å². The van der Waals surface area contributed by atoms with Gasteiger partial charge in [-0.05, 0) is 24.3 Å². The van der Waals surface area contributed by atoms with Gasteiger partial charge in [-0.2, -0.15) is 11.8 Å². The van der Waals surface area contributed by atoms with E-state index in [1.165, 1.54) is 0 Å². The van der Waals surface area contributed by atoms with Crippen molar-refractivity contribution in [3.63, 3.8) is 0 Å². The minimum Gasteiger partial charge on any atom is -0.477 e. The molecule has 0 saturated carbocycles. The van der Waals surface area contributed by atoms with Crippen LogP contribution in [0.1, 0.15) is 19.3 Å². The van der Waals surface area contributed by atoms with Crippen molar-refractivity contribution in [3.05, 3.63) is 0 Å². The molecule has 72 valence electrons. The summed E-state index contributed by atoms with van der Waals surface area (Å²) in [5.74, 6) is 1.14. The molecule has 2 rings (SSSR count). The number of hydrogen-bond donors (Lipinski definition) is 1. The lowest BCUT2D eigenvalue weighted by molar-refractivity contribution is -0.129. The average molecular weight is 201 g/mol. The van der Waals surface area contributed by atoms with Crippen molar-refractivity contribution in [1.82, 2.24) is 0 Å². The predicted octanol–water partition coefficient (Wildman–Crippen LogP) is 1.11. The van der Waals surface area contributed by atoms with E-state index < -0.39 is 5.97 Å². The molecular formula is C8H11NO3S. The number of rotatable bonds is 1. The van der Waals surface area contributed by atoms with E-state index in [1.54, 1.807) is 0 Å². The Hall–Kier alpha value is -0.710. The topological polar surface area (TPSA) is 58.9 Å².